The number of nitrogens with zero attached hydrogens (tertiary/aromatic N) is 5. The maximum Gasteiger partial charge on any atom is 0.433 e. The van der Waals surface area contributed by atoms with Crippen molar-refractivity contribution in [2.24, 2.45) is 0 Å². The van der Waals surface area contributed by atoms with E-state index in [1.165, 1.54) is 6.20 Å². The molecule has 26 heavy (non-hydrogen) atoms. The molecule has 3 heterocycles. The first-order chi connectivity index (χ1) is 12.4. The Balaban J connectivity index is 0.00000117. The van der Waals surface area contributed by atoms with Gasteiger partial charge in [0.25, 0.3) is 5.91 Å². The predicted octanol–water partition coefficient (Wildman–Crippen LogP) is 1.99. The molecule has 1 N–H and O–H groups in total. The fourth-order valence-corrected chi connectivity index (χ4v) is 2.44. The first-order valence-corrected chi connectivity index (χ1v) is 7.80. The van der Waals surface area contributed by atoms with Gasteiger partial charge in [-0.1, -0.05) is 0 Å². The minimum absolute atomic E-state index is 0.0262. The van der Waals surface area contributed by atoms with Gasteiger partial charge in [-0.2, -0.15) is 13.2 Å². The van der Waals surface area contributed by atoms with Crippen molar-refractivity contribution < 1.29 is 22.6 Å². The summed E-state index contributed by atoms with van der Waals surface area (Å²) in [5.41, 5.74) is -0.484. The third-order valence-corrected chi connectivity index (χ3v) is 3.69. The molecule has 1 amide bonds. The SMILES string of the molecule is O=C(c1cccnc1)N1CCN(c2nccc(C(F)(F)F)n2)CC1.OCl. The Kier molecular flexibility index (Phi) is 6.70. The van der Waals surface area contributed by atoms with Crippen molar-refractivity contribution in [2.75, 3.05) is 31.1 Å². The van der Waals surface area contributed by atoms with Crippen LogP contribution in [0.2, 0.25) is 0 Å². The first kappa shape index (κ1) is 19.9. The van der Waals surface area contributed by atoms with Gasteiger partial charge < -0.3 is 9.80 Å². The Morgan fingerprint density at radius 1 is 1.12 bits per heavy atom. The Labute approximate surface area is 152 Å². The molecule has 1 saturated heterocycles. The van der Waals surface area contributed by atoms with Gasteiger partial charge in [0.1, 0.15) is 5.69 Å². The number of carbonyl (C=O) groups excluding carboxylic acids is 1. The molecule has 0 aromatic carbocycles. The average Bonchev–Trinajstić information content (AvgIpc) is 2.69. The summed E-state index contributed by atoms with van der Waals surface area (Å²) in [6.07, 6.45) is -0.335. The highest BCUT2D eigenvalue weighted by atomic mass is 35.5. The molecule has 3 rings (SSSR count). The molecule has 1 fully saturated rings. The van der Waals surface area contributed by atoms with Crippen molar-refractivity contribution in [2.45, 2.75) is 6.18 Å². The molecule has 0 atom stereocenters. The zero-order chi connectivity index (χ0) is 19.2. The second-order valence-corrected chi connectivity index (χ2v) is 5.26. The van der Waals surface area contributed by atoms with Gasteiger partial charge in [-0.05, 0) is 18.2 Å². The molecule has 1 aliphatic rings. The number of amides is 1. The van der Waals surface area contributed by atoms with Crippen molar-refractivity contribution in [3.8, 4) is 0 Å². The summed E-state index contributed by atoms with van der Waals surface area (Å²) in [5.74, 6) is -0.119. The summed E-state index contributed by atoms with van der Waals surface area (Å²) in [7, 11) is 0. The smallest absolute Gasteiger partial charge is 0.337 e. The van der Waals surface area contributed by atoms with Crippen molar-refractivity contribution in [3.63, 3.8) is 0 Å². The molecular formula is C15H15ClF3N5O2. The quantitative estimate of drug-likeness (QED) is 0.845. The lowest BCUT2D eigenvalue weighted by Gasteiger charge is -2.34. The minimum atomic E-state index is -4.50. The van der Waals surface area contributed by atoms with Crippen molar-refractivity contribution in [1.82, 2.24) is 19.9 Å². The summed E-state index contributed by atoms with van der Waals surface area (Å²) in [6.45, 7) is 1.50. The van der Waals surface area contributed by atoms with Gasteiger partial charge in [0.05, 0.1) is 17.4 Å². The number of hydrogen-bond acceptors (Lipinski definition) is 6. The number of hydrogen-bond donors (Lipinski definition) is 1. The number of anilines is 1. The van der Waals surface area contributed by atoms with E-state index < -0.39 is 11.9 Å². The second-order valence-electron chi connectivity index (χ2n) is 5.26. The number of carbonyl (C=O) groups is 1. The lowest BCUT2D eigenvalue weighted by molar-refractivity contribution is -0.141. The van der Waals surface area contributed by atoms with E-state index in [1.54, 1.807) is 28.1 Å². The highest BCUT2D eigenvalue weighted by Gasteiger charge is 2.33. The minimum Gasteiger partial charge on any atom is -0.337 e. The van der Waals surface area contributed by atoms with E-state index in [9.17, 15) is 18.0 Å². The summed E-state index contributed by atoms with van der Waals surface area (Å²) < 4.78 is 44.6. The van der Waals surface area contributed by atoms with E-state index in [2.05, 4.69) is 26.8 Å². The van der Waals surface area contributed by atoms with Crippen LogP contribution in [0, 0.1) is 0 Å². The summed E-state index contributed by atoms with van der Waals surface area (Å²) in [4.78, 5) is 27.0. The molecule has 0 aliphatic carbocycles. The molecular weight excluding hydrogens is 375 g/mol. The largest absolute Gasteiger partial charge is 0.433 e. The van der Waals surface area contributed by atoms with Gasteiger partial charge in [0, 0.05) is 44.8 Å². The van der Waals surface area contributed by atoms with Crippen molar-refractivity contribution in [1.29, 1.82) is 0 Å². The van der Waals surface area contributed by atoms with Gasteiger partial charge in [-0.3, -0.25) is 14.4 Å². The van der Waals surface area contributed by atoms with Crippen LogP contribution < -0.4 is 4.90 Å². The Hall–Kier alpha value is -2.46. The van der Waals surface area contributed by atoms with E-state index >= 15 is 0 Å². The summed E-state index contributed by atoms with van der Waals surface area (Å²) in [5, 5.41) is 0. The van der Waals surface area contributed by atoms with Gasteiger partial charge in [-0.25, -0.2) is 9.97 Å². The molecule has 0 saturated carbocycles. The van der Waals surface area contributed by atoms with Crippen LogP contribution in [0.3, 0.4) is 0 Å². The molecule has 140 valence electrons. The molecule has 11 heteroatoms. The maximum absolute atomic E-state index is 12.7. The van der Waals surface area contributed by atoms with Crippen LogP contribution in [0.5, 0.6) is 0 Å². The highest BCUT2D eigenvalue weighted by molar-refractivity contribution is 6.04. The van der Waals surface area contributed by atoms with Crippen molar-refractivity contribution >= 4 is 23.7 Å². The normalized spacial score (nSPS) is 14.5. The average molecular weight is 390 g/mol. The lowest BCUT2D eigenvalue weighted by atomic mass is 10.2. The monoisotopic (exact) mass is 389 g/mol. The Morgan fingerprint density at radius 2 is 1.81 bits per heavy atom. The first-order valence-electron chi connectivity index (χ1n) is 7.46. The van der Waals surface area contributed by atoms with Gasteiger partial charge in [0.15, 0.2) is 0 Å². The maximum atomic E-state index is 12.7. The second kappa shape index (κ2) is 8.77. The number of pyridine rings is 1. The predicted molar refractivity (Wildman–Crippen MR) is 87.5 cm³/mol. The summed E-state index contributed by atoms with van der Waals surface area (Å²) in [6, 6.07) is 4.20. The standard InChI is InChI=1S/C15H14F3N5O.ClHO/c16-15(17,18)12-3-5-20-14(21-12)23-8-6-22(7-9-23)13(24)11-2-1-4-19-10-11;1-2/h1-5,10H,6-9H2;2H. The molecule has 2 aromatic rings. The number of piperazine rings is 1. The van der Waals surface area contributed by atoms with Gasteiger partial charge in [0.2, 0.25) is 5.95 Å². The molecule has 0 radical (unpaired) electrons. The van der Waals surface area contributed by atoms with E-state index in [4.69, 9.17) is 4.66 Å². The molecule has 0 unspecified atom stereocenters. The third-order valence-electron chi connectivity index (χ3n) is 3.69. The fourth-order valence-electron chi connectivity index (χ4n) is 2.44. The third kappa shape index (κ3) is 4.79. The number of halogens is 4. The van der Waals surface area contributed by atoms with E-state index in [-0.39, 0.29) is 11.9 Å². The highest BCUT2D eigenvalue weighted by Crippen LogP contribution is 2.28. The lowest BCUT2D eigenvalue weighted by Crippen LogP contribution is -2.49. The fraction of sp³-hybridized carbons (Fsp3) is 0.333. The molecule has 1 aliphatic heterocycles. The molecule has 0 bridgehead atoms. The molecule has 0 spiro atoms. The number of alkyl halides is 3. The topological polar surface area (TPSA) is 82.5 Å². The Morgan fingerprint density at radius 3 is 2.38 bits per heavy atom. The van der Waals surface area contributed by atoms with Gasteiger partial charge >= 0.3 is 6.18 Å². The zero-order valence-corrected chi connectivity index (χ0v) is 14.2. The number of aromatic nitrogens is 3. The van der Waals surface area contributed by atoms with Crippen LogP contribution in [-0.2, 0) is 6.18 Å². The number of rotatable bonds is 2. The van der Waals surface area contributed by atoms with Crippen LogP contribution in [0.15, 0.2) is 36.8 Å². The summed E-state index contributed by atoms with van der Waals surface area (Å²) >= 11 is 3.64. The Bertz CT molecular complexity index is 725. The molecule has 2 aromatic heterocycles. The zero-order valence-electron chi connectivity index (χ0n) is 13.4. The van der Waals surface area contributed by atoms with Gasteiger partial charge in [-0.15, -0.1) is 0 Å². The van der Waals surface area contributed by atoms with Crippen LogP contribution in [0.1, 0.15) is 16.1 Å². The molecule has 7 nitrogen and oxygen atoms in total. The van der Waals surface area contributed by atoms with Crippen LogP contribution >= 0.6 is 11.9 Å². The van der Waals surface area contributed by atoms with E-state index in [1.807, 2.05) is 0 Å². The van der Waals surface area contributed by atoms with Crippen LogP contribution in [0.4, 0.5) is 19.1 Å². The van der Waals surface area contributed by atoms with Crippen molar-refractivity contribution in [3.05, 3.63) is 48.0 Å². The van der Waals surface area contributed by atoms with E-state index in [0.29, 0.717) is 31.7 Å². The van der Waals surface area contributed by atoms with Crippen LogP contribution in [0.25, 0.3) is 0 Å². The van der Waals surface area contributed by atoms with E-state index in [0.717, 1.165) is 12.3 Å². The van der Waals surface area contributed by atoms with Crippen LogP contribution in [-0.4, -0.2) is 56.6 Å².